The Morgan fingerprint density at radius 1 is 1.09 bits per heavy atom. The summed E-state index contributed by atoms with van der Waals surface area (Å²) in [6, 6.07) is 15.6. The van der Waals surface area contributed by atoms with Crippen LogP contribution in [-0.4, -0.2) is 23.8 Å². The van der Waals surface area contributed by atoms with Gasteiger partial charge in [-0.2, -0.15) is 4.99 Å². The lowest BCUT2D eigenvalue weighted by molar-refractivity contribution is 0.415. The number of ether oxygens (including phenoxy) is 2. The highest BCUT2D eigenvalue weighted by atomic mass is 32.1. The summed E-state index contributed by atoms with van der Waals surface area (Å²) < 4.78 is 11.1. The molecule has 0 aliphatic carbocycles. The molecule has 0 bridgehead atoms. The van der Waals surface area contributed by atoms with E-state index >= 15 is 0 Å². The van der Waals surface area contributed by atoms with E-state index in [0.717, 1.165) is 29.0 Å². The monoisotopic (exact) mass is 322 g/mol. The standard InChI is InChI=1S/C18H14N2O2S/c1-21-13-8-6-11(7-9-13)16-19-17-14(18(23)20-16)10-12-4-2-3-5-15(12)22-17/h2-9,14H,10H2,1H3. The van der Waals surface area contributed by atoms with Crippen LogP contribution in [-0.2, 0) is 6.42 Å². The minimum atomic E-state index is -0.0538. The maximum absolute atomic E-state index is 5.96. The van der Waals surface area contributed by atoms with Crippen LogP contribution in [0.3, 0.4) is 0 Å². The number of hydrogen-bond donors (Lipinski definition) is 0. The Balaban J connectivity index is 1.70. The zero-order chi connectivity index (χ0) is 15.8. The van der Waals surface area contributed by atoms with Gasteiger partial charge < -0.3 is 9.47 Å². The van der Waals surface area contributed by atoms with Crippen molar-refractivity contribution in [1.82, 2.24) is 0 Å². The summed E-state index contributed by atoms with van der Waals surface area (Å²) in [6.07, 6.45) is 0.785. The fraction of sp³-hybridized carbons (Fsp3) is 0.167. The van der Waals surface area contributed by atoms with E-state index in [2.05, 4.69) is 16.1 Å². The van der Waals surface area contributed by atoms with Crippen LogP contribution in [0.1, 0.15) is 11.1 Å². The normalized spacial score (nSPS) is 19.0. The van der Waals surface area contributed by atoms with Crippen molar-refractivity contribution >= 4 is 28.9 Å². The lowest BCUT2D eigenvalue weighted by atomic mass is 9.94. The largest absolute Gasteiger partial charge is 0.497 e. The molecule has 114 valence electrons. The van der Waals surface area contributed by atoms with Crippen molar-refractivity contribution in [2.24, 2.45) is 15.9 Å². The van der Waals surface area contributed by atoms with E-state index in [9.17, 15) is 0 Å². The number of fused-ring (bicyclic) bond motifs is 2. The first kappa shape index (κ1) is 14.1. The molecule has 0 radical (unpaired) electrons. The van der Waals surface area contributed by atoms with Crippen molar-refractivity contribution < 1.29 is 9.47 Å². The predicted molar refractivity (Wildman–Crippen MR) is 93.8 cm³/mol. The Morgan fingerprint density at radius 3 is 2.65 bits per heavy atom. The Bertz CT molecular complexity index is 840. The molecular weight excluding hydrogens is 308 g/mol. The van der Waals surface area contributed by atoms with Gasteiger partial charge in [-0.15, -0.1) is 0 Å². The van der Waals surface area contributed by atoms with Crippen molar-refractivity contribution in [2.75, 3.05) is 7.11 Å². The van der Waals surface area contributed by atoms with Gasteiger partial charge in [0.1, 0.15) is 16.5 Å². The van der Waals surface area contributed by atoms with Gasteiger partial charge in [0.15, 0.2) is 5.84 Å². The zero-order valence-corrected chi connectivity index (χ0v) is 13.3. The van der Waals surface area contributed by atoms with E-state index in [0.29, 0.717) is 16.7 Å². The molecular formula is C18H14N2O2S. The van der Waals surface area contributed by atoms with Crippen molar-refractivity contribution in [3.8, 4) is 11.5 Å². The second-order valence-corrected chi connectivity index (χ2v) is 5.84. The van der Waals surface area contributed by atoms with Crippen molar-refractivity contribution in [2.45, 2.75) is 6.42 Å². The average Bonchev–Trinajstić information content (AvgIpc) is 2.60. The summed E-state index contributed by atoms with van der Waals surface area (Å²) in [4.78, 5) is 9.72. The Morgan fingerprint density at radius 2 is 1.87 bits per heavy atom. The molecule has 2 aromatic rings. The number of aliphatic imine (C=N–C) groups is 2. The van der Waals surface area contributed by atoms with Gasteiger partial charge in [0.25, 0.3) is 0 Å². The quantitative estimate of drug-likeness (QED) is 0.796. The van der Waals surface area contributed by atoms with E-state index in [1.165, 1.54) is 0 Å². The third-order valence-corrected chi connectivity index (χ3v) is 4.36. The van der Waals surface area contributed by atoms with Crippen LogP contribution < -0.4 is 9.47 Å². The lowest BCUT2D eigenvalue weighted by Crippen LogP contribution is -2.36. The van der Waals surface area contributed by atoms with Crippen molar-refractivity contribution in [3.05, 3.63) is 59.7 Å². The third-order valence-electron chi connectivity index (χ3n) is 3.99. The SMILES string of the molecule is COc1ccc(C2=NC(=S)C3Cc4ccccc4OC3=N2)cc1. The molecule has 0 saturated carbocycles. The maximum atomic E-state index is 5.96. The first-order valence-electron chi connectivity index (χ1n) is 7.36. The number of para-hydroxylation sites is 1. The Kier molecular flexibility index (Phi) is 3.42. The highest BCUT2D eigenvalue weighted by Crippen LogP contribution is 2.31. The average molecular weight is 322 g/mol. The van der Waals surface area contributed by atoms with E-state index in [-0.39, 0.29) is 5.92 Å². The molecule has 23 heavy (non-hydrogen) atoms. The molecule has 1 unspecified atom stereocenters. The first-order chi connectivity index (χ1) is 11.2. The molecule has 0 saturated heterocycles. The number of thiocarbonyl (C=S) groups is 1. The molecule has 0 N–H and O–H groups in total. The van der Waals surface area contributed by atoms with Crippen LogP contribution in [0.4, 0.5) is 0 Å². The number of hydrogen-bond acceptors (Lipinski definition) is 4. The zero-order valence-electron chi connectivity index (χ0n) is 12.5. The Labute approximate surface area is 139 Å². The van der Waals surface area contributed by atoms with Gasteiger partial charge in [-0.1, -0.05) is 30.4 Å². The van der Waals surface area contributed by atoms with Gasteiger partial charge in [0, 0.05) is 5.56 Å². The summed E-state index contributed by atoms with van der Waals surface area (Å²) in [5, 5.41) is 0. The molecule has 2 aromatic carbocycles. The van der Waals surface area contributed by atoms with Crippen LogP contribution in [0.5, 0.6) is 11.5 Å². The minimum absolute atomic E-state index is 0.0538. The summed E-state index contributed by atoms with van der Waals surface area (Å²) in [6.45, 7) is 0. The summed E-state index contributed by atoms with van der Waals surface area (Å²) in [5.41, 5.74) is 2.03. The summed E-state index contributed by atoms with van der Waals surface area (Å²) >= 11 is 5.49. The number of methoxy groups -OCH3 is 1. The maximum Gasteiger partial charge on any atom is 0.207 e. The van der Waals surface area contributed by atoms with Gasteiger partial charge >= 0.3 is 0 Å². The van der Waals surface area contributed by atoms with E-state index in [1.807, 2.05) is 42.5 Å². The molecule has 0 spiro atoms. The third kappa shape index (κ3) is 2.53. The highest BCUT2D eigenvalue weighted by molar-refractivity contribution is 7.80. The van der Waals surface area contributed by atoms with Crippen LogP contribution in [0.2, 0.25) is 0 Å². The topological polar surface area (TPSA) is 43.2 Å². The Hall–Kier alpha value is -2.53. The van der Waals surface area contributed by atoms with Crippen LogP contribution in [0.15, 0.2) is 58.5 Å². The smallest absolute Gasteiger partial charge is 0.207 e. The minimum Gasteiger partial charge on any atom is -0.497 e. The van der Waals surface area contributed by atoms with Gasteiger partial charge in [0.05, 0.1) is 13.0 Å². The molecule has 0 amide bonds. The fourth-order valence-corrected chi connectivity index (χ4v) is 3.01. The molecule has 2 aliphatic heterocycles. The molecule has 4 nitrogen and oxygen atoms in total. The van der Waals surface area contributed by atoms with Gasteiger partial charge in [-0.3, -0.25) is 0 Å². The number of nitrogens with zero attached hydrogens (tertiary/aromatic N) is 2. The van der Waals surface area contributed by atoms with Gasteiger partial charge in [-0.25, -0.2) is 4.99 Å². The first-order valence-corrected chi connectivity index (χ1v) is 7.77. The highest BCUT2D eigenvalue weighted by Gasteiger charge is 2.33. The lowest BCUT2D eigenvalue weighted by Gasteiger charge is -2.28. The van der Waals surface area contributed by atoms with Crippen LogP contribution >= 0.6 is 12.2 Å². The van der Waals surface area contributed by atoms with Crippen molar-refractivity contribution in [1.29, 1.82) is 0 Å². The van der Waals surface area contributed by atoms with Gasteiger partial charge in [-0.05, 0) is 42.3 Å². The molecule has 2 heterocycles. The molecule has 0 aromatic heterocycles. The van der Waals surface area contributed by atoms with Gasteiger partial charge in [0.2, 0.25) is 5.90 Å². The molecule has 2 aliphatic rings. The van der Waals surface area contributed by atoms with E-state index in [1.54, 1.807) is 7.11 Å². The van der Waals surface area contributed by atoms with Crippen LogP contribution in [0.25, 0.3) is 0 Å². The van der Waals surface area contributed by atoms with Crippen molar-refractivity contribution in [3.63, 3.8) is 0 Å². The number of rotatable bonds is 2. The molecule has 0 fully saturated rings. The molecule has 1 atom stereocenters. The van der Waals surface area contributed by atoms with E-state index < -0.39 is 0 Å². The second kappa shape index (κ2) is 5.59. The number of amidine groups is 1. The molecule has 4 rings (SSSR count). The molecule has 5 heteroatoms. The summed E-state index contributed by atoms with van der Waals surface area (Å²) in [5.74, 6) is 2.81. The number of benzene rings is 2. The predicted octanol–water partition coefficient (Wildman–Crippen LogP) is 3.43. The van der Waals surface area contributed by atoms with E-state index in [4.69, 9.17) is 21.7 Å². The van der Waals surface area contributed by atoms with Crippen LogP contribution in [0, 0.1) is 5.92 Å². The summed E-state index contributed by atoms with van der Waals surface area (Å²) in [7, 11) is 1.64. The second-order valence-electron chi connectivity index (χ2n) is 5.42. The fourth-order valence-electron chi connectivity index (χ4n) is 2.74.